The van der Waals surface area contributed by atoms with Crippen LogP contribution in [0.2, 0.25) is 0 Å². The second-order valence-electron chi connectivity index (χ2n) is 8.36. The van der Waals surface area contributed by atoms with Gasteiger partial charge in [0.25, 0.3) is 0 Å². The molecule has 1 fully saturated rings. The first-order valence-corrected chi connectivity index (χ1v) is 11.8. The van der Waals surface area contributed by atoms with Crippen LogP contribution in [0.15, 0.2) is 60.7 Å². The molecule has 0 saturated carbocycles. The van der Waals surface area contributed by atoms with E-state index in [0.717, 1.165) is 57.3 Å². The van der Waals surface area contributed by atoms with Crippen molar-refractivity contribution in [2.75, 3.05) is 59.8 Å². The number of nitrogens with one attached hydrogen (secondary N) is 2. The van der Waals surface area contributed by atoms with Crippen molar-refractivity contribution in [3.8, 4) is 0 Å². The summed E-state index contributed by atoms with van der Waals surface area (Å²) in [6.45, 7) is 5.51. The average molecular weight is 460 g/mol. The number of benzene rings is 2. The van der Waals surface area contributed by atoms with Gasteiger partial charge in [0.15, 0.2) is 5.11 Å². The normalized spacial score (nSPS) is 15.7. The zero-order valence-electron chi connectivity index (χ0n) is 18.9. The second-order valence-corrected chi connectivity index (χ2v) is 8.77. The molecule has 0 atom stereocenters. The van der Waals surface area contributed by atoms with Crippen LogP contribution in [-0.2, 0) is 13.0 Å². The van der Waals surface area contributed by atoms with Gasteiger partial charge in [-0.3, -0.25) is 0 Å². The van der Waals surface area contributed by atoms with E-state index >= 15 is 0 Å². The number of para-hydroxylation sites is 1. The van der Waals surface area contributed by atoms with Gasteiger partial charge in [-0.2, -0.15) is 9.97 Å². The highest BCUT2D eigenvalue weighted by molar-refractivity contribution is 7.80. The molecule has 7 nitrogen and oxygen atoms in total. The Kier molecular flexibility index (Phi) is 6.26. The highest BCUT2D eigenvalue weighted by Gasteiger charge is 2.23. The van der Waals surface area contributed by atoms with Crippen molar-refractivity contribution in [2.45, 2.75) is 13.0 Å². The molecule has 0 radical (unpaired) electrons. The lowest BCUT2D eigenvalue weighted by Crippen LogP contribution is -2.47. The zero-order valence-corrected chi connectivity index (χ0v) is 19.7. The fraction of sp³-hybridized carbons (Fsp3) is 0.320. The molecular weight excluding hydrogens is 430 g/mol. The van der Waals surface area contributed by atoms with Crippen molar-refractivity contribution in [1.29, 1.82) is 0 Å². The van der Waals surface area contributed by atoms with Crippen LogP contribution in [0, 0.1) is 0 Å². The van der Waals surface area contributed by atoms with Crippen molar-refractivity contribution in [1.82, 2.24) is 15.3 Å². The van der Waals surface area contributed by atoms with E-state index < -0.39 is 0 Å². The minimum atomic E-state index is 0.510. The zero-order chi connectivity index (χ0) is 22.6. The van der Waals surface area contributed by atoms with Crippen molar-refractivity contribution in [2.24, 2.45) is 0 Å². The predicted molar refractivity (Wildman–Crippen MR) is 139 cm³/mol. The van der Waals surface area contributed by atoms with Gasteiger partial charge >= 0.3 is 0 Å². The topological polar surface area (TPSA) is 59.6 Å². The molecule has 2 aliphatic heterocycles. The van der Waals surface area contributed by atoms with E-state index in [1.54, 1.807) is 7.05 Å². The molecule has 5 rings (SSSR count). The summed E-state index contributed by atoms with van der Waals surface area (Å²) in [6.07, 6.45) is 1.02. The Morgan fingerprint density at radius 1 is 0.788 bits per heavy atom. The number of hydrogen-bond donors (Lipinski definition) is 2. The Labute approximate surface area is 200 Å². The highest BCUT2D eigenvalue weighted by atomic mass is 32.1. The first-order chi connectivity index (χ1) is 16.2. The Morgan fingerprint density at radius 2 is 1.42 bits per heavy atom. The van der Waals surface area contributed by atoms with Crippen LogP contribution in [0.5, 0.6) is 0 Å². The van der Waals surface area contributed by atoms with Crippen LogP contribution < -0.4 is 25.3 Å². The summed E-state index contributed by atoms with van der Waals surface area (Å²) in [5.74, 6) is 2.40. The number of piperazine rings is 1. The van der Waals surface area contributed by atoms with Gasteiger partial charge in [-0.1, -0.05) is 42.5 Å². The number of hydrogen-bond acceptors (Lipinski definition) is 6. The third-order valence-electron chi connectivity index (χ3n) is 6.33. The Bertz CT molecular complexity index is 1110. The number of nitrogens with zero attached hydrogens (tertiary/aromatic N) is 5. The van der Waals surface area contributed by atoms with E-state index in [9.17, 15) is 0 Å². The van der Waals surface area contributed by atoms with E-state index in [2.05, 4.69) is 86.0 Å². The Balaban J connectivity index is 1.38. The summed E-state index contributed by atoms with van der Waals surface area (Å²) in [6, 6.07) is 21.4. The largest absolute Gasteiger partial charge is 0.368 e. The first kappa shape index (κ1) is 21.5. The standard InChI is InChI=1S/C25H29N7S/c1-26-25(33)29-24-27-22(31-15-13-30(14-16-31)21-9-3-2-4-10-21)17-23(28-24)32-12-11-19-7-5-6-8-20(19)18-32/h2-10,17H,11-16,18H2,1H3,(H2,26,27,28,29,33). The summed E-state index contributed by atoms with van der Waals surface area (Å²) in [5.41, 5.74) is 4.06. The van der Waals surface area contributed by atoms with Crippen LogP contribution in [0.4, 0.5) is 23.3 Å². The first-order valence-electron chi connectivity index (χ1n) is 11.4. The molecule has 33 heavy (non-hydrogen) atoms. The highest BCUT2D eigenvalue weighted by Crippen LogP contribution is 2.28. The number of thiocarbonyl (C=S) groups is 1. The van der Waals surface area contributed by atoms with Gasteiger partial charge in [-0.15, -0.1) is 0 Å². The number of anilines is 4. The summed E-state index contributed by atoms with van der Waals surface area (Å²) in [5, 5.41) is 6.60. The fourth-order valence-corrected chi connectivity index (χ4v) is 4.58. The molecule has 170 valence electrons. The van der Waals surface area contributed by atoms with Gasteiger partial charge in [0.1, 0.15) is 11.6 Å². The summed E-state index contributed by atoms with van der Waals surface area (Å²) in [7, 11) is 1.80. The molecule has 0 spiro atoms. The van der Waals surface area contributed by atoms with Crippen LogP contribution in [0.25, 0.3) is 0 Å². The van der Waals surface area contributed by atoms with E-state index in [4.69, 9.17) is 22.2 Å². The smallest absolute Gasteiger partial charge is 0.232 e. The average Bonchev–Trinajstić information content (AvgIpc) is 2.88. The van der Waals surface area contributed by atoms with Crippen molar-refractivity contribution < 1.29 is 0 Å². The third kappa shape index (κ3) is 4.85. The molecule has 0 amide bonds. The number of aromatic nitrogens is 2. The second kappa shape index (κ2) is 9.62. The lowest BCUT2D eigenvalue weighted by atomic mass is 10.00. The molecule has 3 heterocycles. The van der Waals surface area contributed by atoms with Crippen molar-refractivity contribution >= 4 is 40.6 Å². The molecule has 1 aromatic heterocycles. The minimum absolute atomic E-state index is 0.510. The van der Waals surface area contributed by atoms with Gasteiger partial charge in [0.2, 0.25) is 5.95 Å². The molecule has 2 aliphatic rings. The fourth-order valence-electron chi connectivity index (χ4n) is 4.49. The third-order valence-corrected chi connectivity index (χ3v) is 6.64. The van der Waals surface area contributed by atoms with Gasteiger partial charge in [0.05, 0.1) is 0 Å². The maximum Gasteiger partial charge on any atom is 0.232 e. The van der Waals surface area contributed by atoms with Crippen molar-refractivity contribution in [3.63, 3.8) is 0 Å². The monoisotopic (exact) mass is 459 g/mol. The van der Waals surface area contributed by atoms with Gasteiger partial charge < -0.3 is 25.3 Å². The Hall–Kier alpha value is -3.39. The molecule has 2 aromatic carbocycles. The predicted octanol–water partition coefficient (Wildman–Crippen LogP) is 3.28. The van der Waals surface area contributed by atoms with Crippen LogP contribution >= 0.6 is 12.2 Å². The van der Waals surface area contributed by atoms with Crippen molar-refractivity contribution in [3.05, 3.63) is 71.8 Å². The van der Waals surface area contributed by atoms with E-state index in [1.165, 1.54) is 16.8 Å². The van der Waals surface area contributed by atoms with Crippen LogP contribution in [0.3, 0.4) is 0 Å². The van der Waals surface area contributed by atoms with Gasteiger partial charge in [-0.05, 0) is 41.9 Å². The van der Waals surface area contributed by atoms with E-state index in [-0.39, 0.29) is 0 Å². The van der Waals surface area contributed by atoms with Crippen LogP contribution in [0.1, 0.15) is 11.1 Å². The summed E-state index contributed by atoms with van der Waals surface area (Å²) >= 11 is 5.32. The molecule has 1 saturated heterocycles. The number of rotatable bonds is 4. The van der Waals surface area contributed by atoms with Gasteiger partial charge in [-0.25, -0.2) is 0 Å². The maximum atomic E-state index is 5.32. The molecule has 8 heteroatoms. The molecule has 3 aromatic rings. The number of fused-ring (bicyclic) bond motifs is 1. The van der Waals surface area contributed by atoms with Gasteiger partial charge in [0, 0.05) is 58.1 Å². The maximum absolute atomic E-state index is 5.32. The molecular formula is C25H29N7S. The minimum Gasteiger partial charge on any atom is -0.368 e. The molecule has 2 N–H and O–H groups in total. The summed E-state index contributed by atoms with van der Waals surface area (Å²) in [4.78, 5) is 16.7. The quantitative estimate of drug-likeness (QED) is 0.577. The summed E-state index contributed by atoms with van der Waals surface area (Å²) < 4.78 is 0. The lowest BCUT2D eigenvalue weighted by Gasteiger charge is -2.37. The molecule has 0 bridgehead atoms. The molecule has 0 aliphatic carbocycles. The van der Waals surface area contributed by atoms with E-state index in [0.29, 0.717) is 11.1 Å². The Morgan fingerprint density at radius 3 is 2.15 bits per heavy atom. The van der Waals surface area contributed by atoms with E-state index in [1.807, 2.05) is 0 Å². The SMILES string of the molecule is CNC(=S)Nc1nc(N2CCN(c3ccccc3)CC2)cc(N2CCc3ccccc3C2)n1. The lowest BCUT2D eigenvalue weighted by molar-refractivity contribution is 0.646. The molecule has 0 unspecified atom stereocenters. The van der Waals surface area contributed by atoms with Crippen LogP contribution in [-0.4, -0.2) is 54.9 Å².